The van der Waals surface area contributed by atoms with Gasteiger partial charge in [-0.2, -0.15) is 0 Å². The predicted molar refractivity (Wildman–Crippen MR) is 76.8 cm³/mol. The monoisotopic (exact) mass is 296 g/mol. The molecule has 17 heavy (non-hydrogen) atoms. The van der Waals surface area contributed by atoms with Crippen molar-refractivity contribution in [2.24, 2.45) is 11.3 Å². The van der Waals surface area contributed by atoms with Gasteiger partial charge >= 0.3 is 0 Å². The molecule has 1 fully saturated rings. The lowest BCUT2D eigenvalue weighted by atomic mass is 9.92. The lowest BCUT2D eigenvalue weighted by Gasteiger charge is -2.20. The number of nitrogen functional groups attached to an aromatic ring is 1. The molecule has 2 nitrogen and oxygen atoms in total. The molecule has 0 atom stereocenters. The first-order valence-corrected chi connectivity index (χ1v) is 7.07. The van der Waals surface area contributed by atoms with Crippen LogP contribution in [-0.4, -0.2) is 6.54 Å². The zero-order chi connectivity index (χ0) is 12.5. The van der Waals surface area contributed by atoms with Gasteiger partial charge in [-0.1, -0.05) is 29.8 Å². The highest BCUT2D eigenvalue weighted by Gasteiger charge is 2.44. The third kappa shape index (κ3) is 3.02. The highest BCUT2D eigenvalue weighted by molar-refractivity contribution is 9.10. The van der Waals surface area contributed by atoms with Crippen LogP contribution >= 0.6 is 15.9 Å². The van der Waals surface area contributed by atoms with Crippen LogP contribution in [0.1, 0.15) is 32.3 Å². The molecule has 3 heteroatoms. The highest BCUT2D eigenvalue weighted by atomic mass is 79.9. The number of benzene rings is 1. The molecule has 0 radical (unpaired) electrons. The van der Waals surface area contributed by atoms with Crippen LogP contribution in [0.5, 0.6) is 0 Å². The molecule has 0 heterocycles. The van der Waals surface area contributed by atoms with E-state index in [1.165, 1.54) is 18.4 Å². The quantitative estimate of drug-likeness (QED) is 0.816. The summed E-state index contributed by atoms with van der Waals surface area (Å²) in [6, 6.07) is 5.97. The Kier molecular flexibility index (Phi) is 3.79. The summed E-state index contributed by atoms with van der Waals surface area (Å²) in [7, 11) is 0. The number of nitrogens with two attached hydrogens (primary N) is 1. The van der Waals surface area contributed by atoms with E-state index in [1.54, 1.807) is 0 Å². The number of halogens is 1. The number of anilines is 1. The average molecular weight is 297 g/mol. The van der Waals surface area contributed by atoms with Crippen LogP contribution in [0.25, 0.3) is 0 Å². The summed E-state index contributed by atoms with van der Waals surface area (Å²) in [6.07, 6.45) is 2.74. The Morgan fingerprint density at radius 3 is 2.71 bits per heavy atom. The molecule has 0 aromatic heterocycles. The van der Waals surface area contributed by atoms with E-state index in [1.807, 2.05) is 18.2 Å². The predicted octanol–water partition coefficient (Wildman–Crippen LogP) is 3.56. The van der Waals surface area contributed by atoms with E-state index in [4.69, 9.17) is 5.73 Å². The van der Waals surface area contributed by atoms with Crippen molar-refractivity contribution < 1.29 is 0 Å². The summed E-state index contributed by atoms with van der Waals surface area (Å²) in [5.41, 5.74) is 8.43. The SMILES string of the molecule is CC(C)C1(CNCc2cc(N)ccc2Br)CC1. The summed E-state index contributed by atoms with van der Waals surface area (Å²) < 4.78 is 1.13. The lowest BCUT2D eigenvalue weighted by Crippen LogP contribution is -2.27. The third-order valence-electron chi connectivity index (χ3n) is 3.98. The normalized spacial score (nSPS) is 17.4. The highest BCUT2D eigenvalue weighted by Crippen LogP contribution is 2.51. The smallest absolute Gasteiger partial charge is 0.0318 e. The van der Waals surface area contributed by atoms with E-state index in [9.17, 15) is 0 Å². The number of hydrogen-bond donors (Lipinski definition) is 2. The summed E-state index contributed by atoms with van der Waals surface area (Å²) >= 11 is 3.56. The minimum atomic E-state index is 0.562. The summed E-state index contributed by atoms with van der Waals surface area (Å²) in [5.74, 6) is 0.777. The van der Waals surface area contributed by atoms with Crippen LogP contribution in [0.15, 0.2) is 22.7 Å². The Morgan fingerprint density at radius 2 is 2.12 bits per heavy atom. The molecular formula is C14H21BrN2. The van der Waals surface area contributed by atoms with Crippen molar-refractivity contribution >= 4 is 21.6 Å². The van der Waals surface area contributed by atoms with Gasteiger partial charge in [-0.25, -0.2) is 0 Å². The van der Waals surface area contributed by atoms with E-state index in [0.717, 1.165) is 29.2 Å². The second-order valence-corrected chi connectivity index (χ2v) is 6.33. The topological polar surface area (TPSA) is 38.0 Å². The van der Waals surface area contributed by atoms with Gasteiger partial charge in [-0.3, -0.25) is 0 Å². The van der Waals surface area contributed by atoms with Crippen LogP contribution in [0.4, 0.5) is 5.69 Å². The molecule has 1 aromatic rings. The second kappa shape index (κ2) is 4.99. The Bertz CT molecular complexity index is 397. The van der Waals surface area contributed by atoms with Crippen LogP contribution in [0, 0.1) is 11.3 Å². The molecule has 0 spiro atoms. The van der Waals surface area contributed by atoms with Gasteiger partial charge in [0.2, 0.25) is 0 Å². The number of nitrogens with one attached hydrogen (secondary N) is 1. The molecule has 2 rings (SSSR count). The first-order chi connectivity index (χ1) is 8.03. The number of hydrogen-bond acceptors (Lipinski definition) is 2. The lowest BCUT2D eigenvalue weighted by molar-refractivity contribution is 0.337. The molecule has 0 aliphatic heterocycles. The zero-order valence-corrected chi connectivity index (χ0v) is 12.2. The van der Waals surface area contributed by atoms with Crippen molar-refractivity contribution in [2.45, 2.75) is 33.2 Å². The van der Waals surface area contributed by atoms with Gasteiger partial charge in [0.25, 0.3) is 0 Å². The van der Waals surface area contributed by atoms with Crippen molar-refractivity contribution in [2.75, 3.05) is 12.3 Å². The molecule has 1 aromatic carbocycles. The minimum Gasteiger partial charge on any atom is -0.399 e. The van der Waals surface area contributed by atoms with Crippen LogP contribution < -0.4 is 11.1 Å². The van der Waals surface area contributed by atoms with Crippen molar-refractivity contribution in [1.29, 1.82) is 0 Å². The summed E-state index contributed by atoms with van der Waals surface area (Å²) in [6.45, 7) is 6.65. The summed E-state index contributed by atoms with van der Waals surface area (Å²) in [4.78, 5) is 0. The zero-order valence-electron chi connectivity index (χ0n) is 10.6. The maximum absolute atomic E-state index is 5.80. The molecule has 94 valence electrons. The van der Waals surface area contributed by atoms with E-state index in [0.29, 0.717) is 5.41 Å². The van der Waals surface area contributed by atoms with Gasteiger partial charge in [0, 0.05) is 23.2 Å². The Labute approximate surface area is 112 Å². The fourth-order valence-electron chi connectivity index (χ4n) is 2.30. The largest absolute Gasteiger partial charge is 0.399 e. The van der Waals surface area contributed by atoms with Gasteiger partial charge in [0.05, 0.1) is 0 Å². The molecule has 1 aliphatic carbocycles. The van der Waals surface area contributed by atoms with Crippen LogP contribution in [0.3, 0.4) is 0 Å². The van der Waals surface area contributed by atoms with Crippen molar-refractivity contribution in [3.63, 3.8) is 0 Å². The molecular weight excluding hydrogens is 276 g/mol. The standard InChI is InChI=1S/C14H21BrN2/c1-10(2)14(5-6-14)9-17-8-11-7-12(16)3-4-13(11)15/h3-4,7,10,17H,5-6,8-9,16H2,1-2H3. The first kappa shape index (κ1) is 12.9. The third-order valence-corrected chi connectivity index (χ3v) is 4.75. The maximum atomic E-state index is 5.80. The van der Waals surface area contributed by atoms with E-state index >= 15 is 0 Å². The average Bonchev–Trinajstić information content (AvgIpc) is 3.04. The van der Waals surface area contributed by atoms with E-state index in [2.05, 4.69) is 35.1 Å². The Hall–Kier alpha value is -0.540. The molecule has 0 saturated heterocycles. The van der Waals surface area contributed by atoms with Gasteiger partial charge < -0.3 is 11.1 Å². The van der Waals surface area contributed by atoms with Crippen LogP contribution in [-0.2, 0) is 6.54 Å². The first-order valence-electron chi connectivity index (χ1n) is 6.28. The molecule has 3 N–H and O–H groups in total. The van der Waals surface area contributed by atoms with Gasteiger partial charge in [-0.15, -0.1) is 0 Å². The molecule has 0 amide bonds. The van der Waals surface area contributed by atoms with Gasteiger partial charge in [0.15, 0.2) is 0 Å². The van der Waals surface area contributed by atoms with E-state index < -0.39 is 0 Å². The van der Waals surface area contributed by atoms with Crippen LogP contribution in [0.2, 0.25) is 0 Å². The molecule has 0 bridgehead atoms. The molecule has 1 saturated carbocycles. The second-order valence-electron chi connectivity index (χ2n) is 5.47. The molecule has 0 unspecified atom stereocenters. The fraction of sp³-hybridized carbons (Fsp3) is 0.571. The summed E-state index contributed by atoms with van der Waals surface area (Å²) in [5, 5.41) is 3.57. The molecule has 1 aliphatic rings. The van der Waals surface area contributed by atoms with Gasteiger partial charge in [-0.05, 0) is 47.9 Å². The Balaban J connectivity index is 1.88. The maximum Gasteiger partial charge on any atom is 0.0318 e. The van der Waals surface area contributed by atoms with E-state index in [-0.39, 0.29) is 0 Å². The Morgan fingerprint density at radius 1 is 1.41 bits per heavy atom. The van der Waals surface area contributed by atoms with Crippen molar-refractivity contribution in [3.8, 4) is 0 Å². The van der Waals surface area contributed by atoms with Crippen molar-refractivity contribution in [1.82, 2.24) is 5.32 Å². The number of rotatable bonds is 5. The van der Waals surface area contributed by atoms with Gasteiger partial charge in [0.1, 0.15) is 0 Å². The minimum absolute atomic E-state index is 0.562. The van der Waals surface area contributed by atoms with Crippen molar-refractivity contribution in [3.05, 3.63) is 28.2 Å². The fourth-order valence-corrected chi connectivity index (χ4v) is 2.68.